The number of hydrogen-bond acceptors (Lipinski definition) is 3. The van der Waals surface area contributed by atoms with Gasteiger partial charge in [0.25, 0.3) is 0 Å². The molecular weight excluding hydrogens is 619 g/mol. The van der Waals surface area contributed by atoms with E-state index in [-0.39, 0.29) is 43.3 Å². The molecule has 6 heteroatoms. The van der Waals surface area contributed by atoms with Crippen molar-refractivity contribution in [1.82, 2.24) is 13.7 Å². The second-order valence-corrected chi connectivity index (χ2v) is 24.4. The Morgan fingerprint density at radius 2 is 0.780 bits per heavy atom. The molecule has 288 valence electrons. The van der Waals surface area contributed by atoms with Crippen molar-refractivity contribution < 1.29 is 0 Å². The van der Waals surface area contributed by atoms with Gasteiger partial charge in [0.2, 0.25) is 0 Å². The van der Waals surface area contributed by atoms with Crippen LogP contribution >= 0.6 is 0 Å². The predicted molar refractivity (Wildman–Crippen MR) is 211 cm³/mol. The van der Waals surface area contributed by atoms with E-state index in [1.54, 1.807) is 0 Å². The molecule has 6 unspecified atom stereocenters. The van der Waals surface area contributed by atoms with E-state index in [9.17, 15) is 14.4 Å². The second-order valence-electron chi connectivity index (χ2n) is 24.4. The summed E-state index contributed by atoms with van der Waals surface area (Å²) < 4.78 is 4.54. The molecule has 3 fully saturated rings. The standard InChI is InChI=1S/C44H79N3O3/c1-30(2)31-18-39(9,10)24-42(15,19-31)27-45-34(48)46(28-43(16)22-32(37(3,4)5)20-40(11,12)25-43)36(50)47(35(45)49)29-44(17)23-33(38(6,7)8)21-41(13,14)26-44/h30-33H,18-29H2,1-17H3. The normalized spacial score (nSPS) is 34.6. The molecule has 0 aliphatic heterocycles. The zero-order valence-corrected chi connectivity index (χ0v) is 35.9. The summed E-state index contributed by atoms with van der Waals surface area (Å²) in [6.07, 6.45) is 9.18. The molecule has 1 heterocycles. The molecule has 3 saturated carbocycles. The molecule has 1 aromatic heterocycles. The largest absolute Gasteiger partial charge is 0.336 e. The van der Waals surface area contributed by atoms with Gasteiger partial charge in [-0.25, -0.2) is 28.1 Å². The summed E-state index contributed by atoms with van der Waals surface area (Å²) in [5.74, 6) is 2.03. The molecule has 1 aromatic rings. The van der Waals surface area contributed by atoms with Gasteiger partial charge in [0.1, 0.15) is 0 Å². The van der Waals surface area contributed by atoms with Crippen LogP contribution in [0.5, 0.6) is 0 Å². The fraction of sp³-hybridized carbons (Fsp3) is 0.932. The van der Waals surface area contributed by atoms with E-state index in [0.29, 0.717) is 43.3 Å². The van der Waals surface area contributed by atoms with E-state index >= 15 is 0 Å². The van der Waals surface area contributed by atoms with Gasteiger partial charge < -0.3 is 0 Å². The highest BCUT2D eigenvalue weighted by molar-refractivity contribution is 4.99. The maximum absolute atomic E-state index is 14.8. The summed E-state index contributed by atoms with van der Waals surface area (Å²) in [6, 6.07) is 0. The molecule has 0 spiro atoms. The lowest BCUT2D eigenvalue weighted by Crippen LogP contribution is -2.59. The third kappa shape index (κ3) is 9.31. The SMILES string of the molecule is CC(C)C1CC(C)(C)CC(C)(Cn2c(=O)n(CC3(C)CC(C(C)(C)C)CC(C)(C)C3)c(=O)n(CC3(C)CC(C(C)(C)C)CC(C)(C)C3)c2=O)C1. The van der Waals surface area contributed by atoms with Crippen LogP contribution in [0.25, 0.3) is 0 Å². The zero-order chi connectivity index (χ0) is 38.3. The van der Waals surface area contributed by atoms with Crippen molar-refractivity contribution in [2.45, 2.75) is 195 Å². The van der Waals surface area contributed by atoms with Gasteiger partial charge in [0, 0.05) is 19.6 Å². The topological polar surface area (TPSA) is 66.0 Å². The molecule has 4 rings (SSSR count). The Kier molecular flexibility index (Phi) is 10.8. The molecule has 6 nitrogen and oxygen atoms in total. The lowest BCUT2D eigenvalue weighted by Gasteiger charge is -2.51. The van der Waals surface area contributed by atoms with Crippen LogP contribution in [-0.4, -0.2) is 13.7 Å². The Bertz CT molecular complexity index is 1480. The first kappa shape index (κ1) is 41.2. The second kappa shape index (κ2) is 13.1. The lowest BCUT2D eigenvalue weighted by atomic mass is 9.56. The minimum atomic E-state index is -0.403. The number of nitrogens with zero attached hydrogens (tertiary/aromatic N) is 3. The molecule has 0 bridgehead atoms. The maximum Gasteiger partial charge on any atom is 0.336 e. The number of hydrogen-bond donors (Lipinski definition) is 0. The molecule has 0 amide bonds. The molecule has 0 N–H and O–H groups in total. The van der Waals surface area contributed by atoms with Gasteiger partial charge in [-0.2, -0.15) is 0 Å². The van der Waals surface area contributed by atoms with E-state index < -0.39 is 17.1 Å². The summed E-state index contributed by atoms with van der Waals surface area (Å²) >= 11 is 0. The summed E-state index contributed by atoms with van der Waals surface area (Å²) in [5, 5.41) is 0. The van der Waals surface area contributed by atoms with Gasteiger partial charge in [0.05, 0.1) is 0 Å². The van der Waals surface area contributed by atoms with Crippen LogP contribution in [0.4, 0.5) is 0 Å². The molecule has 0 radical (unpaired) electrons. The van der Waals surface area contributed by atoms with Crippen LogP contribution in [0.3, 0.4) is 0 Å². The van der Waals surface area contributed by atoms with Crippen molar-refractivity contribution in [3.8, 4) is 0 Å². The monoisotopic (exact) mass is 698 g/mol. The average Bonchev–Trinajstić information content (AvgIpc) is 2.87. The summed E-state index contributed by atoms with van der Waals surface area (Å²) in [7, 11) is 0. The van der Waals surface area contributed by atoms with Crippen LogP contribution in [0.2, 0.25) is 0 Å². The van der Waals surface area contributed by atoms with Crippen molar-refractivity contribution in [2.24, 2.45) is 67.0 Å². The first-order chi connectivity index (χ1) is 22.3. The van der Waals surface area contributed by atoms with E-state index in [1.807, 2.05) is 0 Å². The van der Waals surface area contributed by atoms with Crippen LogP contribution in [0.1, 0.15) is 175 Å². The van der Waals surface area contributed by atoms with Crippen molar-refractivity contribution in [3.63, 3.8) is 0 Å². The highest BCUT2D eigenvalue weighted by atomic mass is 16.2. The Hall–Kier alpha value is -1.59. The molecule has 3 aliphatic rings. The maximum atomic E-state index is 14.8. The first-order valence-corrected chi connectivity index (χ1v) is 20.2. The third-order valence-electron chi connectivity index (χ3n) is 13.8. The van der Waals surface area contributed by atoms with Gasteiger partial charge in [0.15, 0.2) is 0 Å². The van der Waals surface area contributed by atoms with E-state index in [2.05, 4.69) is 118 Å². The zero-order valence-electron chi connectivity index (χ0n) is 35.9. The van der Waals surface area contributed by atoms with Crippen LogP contribution < -0.4 is 17.1 Å². The summed E-state index contributed by atoms with van der Waals surface area (Å²) in [4.78, 5) is 44.4. The van der Waals surface area contributed by atoms with Crippen molar-refractivity contribution >= 4 is 0 Å². The van der Waals surface area contributed by atoms with Crippen LogP contribution in [0, 0.1) is 67.0 Å². The Labute approximate surface area is 306 Å². The fourth-order valence-electron chi connectivity index (χ4n) is 12.3. The van der Waals surface area contributed by atoms with E-state index in [0.717, 1.165) is 57.8 Å². The lowest BCUT2D eigenvalue weighted by molar-refractivity contribution is -0.0102. The molecule has 0 aromatic carbocycles. The number of aromatic nitrogens is 3. The molecular formula is C44H79N3O3. The Balaban J connectivity index is 1.89. The smallest absolute Gasteiger partial charge is 0.247 e. The fourth-order valence-corrected chi connectivity index (χ4v) is 12.3. The van der Waals surface area contributed by atoms with Crippen molar-refractivity contribution in [1.29, 1.82) is 0 Å². The molecule has 6 atom stereocenters. The van der Waals surface area contributed by atoms with Crippen LogP contribution in [-0.2, 0) is 19.6 Å². The average molecular weight is 698 g/mol. The molecule has 3 aliphatic carbocycles. The highest BCUT2D eigenvalue weighted by Gasteiger charge is 2.48. The van der Waals surface area contributed by atoms with E-state index in [4.69, 9.17) is 0 Å². The predicted octanol–water partition coefficient (Wildman–Crippen LogP) is 10.4. The van der Waals surface area contributed by atoms with Gasteiger partial charge in [-0.1, -0.05) is 118 Å². The highest BCUT2D eigenvalue weighted by Crippen LogP contribution is 2.55. The van der Waals surface area contributed by atoms with Gasteiger partial charge in [-0.05, 0) is 125 Å². The minimum absolute atomic E-state index is 0.0954. The third-order valence-corrected chi connectivity index (χ3v) is 13.8. The number of rotatable bonds is 7. The van der Waals surface area contributed by atoms with Crippen LogP contribution in [0.15, 0.2) is 14.4 Å². The summed E-state index contributed by atoms with van der Waals surface area (Å²) in [5.41, 5.74) is -1.34. The Morgan fingerprint density at radius 3 is 1.06 bits per heavy atom. The molecule has 50 heavy (non-hydrogen) atoms. The van der Waals surface area contributed by atoms with Crippen molar-refractivity contribution in [2.75, 3.05) is 0 Å². The van der Waals surface area contributed by atoms with Crippen molar-refractivity contribution in [3.05, 3.63) is 31.5 Å². The van der Waals surface area contributed by atoms with E-state index in [1.165, 1.54) is 13.7 Å². The minimum Gasteiger partial charge on any atom is -0.247 e. The molecule has 0 saturated heterocycles. The summed E-state index contributed by atoms with van der Waals surface area (Å²) in [6.45, 7) is 40.6. The Morgan fingerprint density at radius 1 is 0.500 bits per heavy atom. The van der Waals surface area contributed by atoms with Gasteiger partial charge in [-0.15, -0.1) is 0 Å². The van der Waals surface area contributed by atoms with Gasteiger partial charge in [-0.3, -0.25) is 0 Å². The first-order valence-electron chi connectivity index (χ1n) is 20.2. The quantitative estimate of drug-likeness (QED) is 0.285. The van der Waals surface area contributed by atoms with Gasteiger partial charge >= 0.3 is 17.1 Å².